The van der Waals surface area contributed by atoms with Crippen LogP contribution < -0.4 is 5.32 Å². The van der Waals surface area contributed by atoms with Crippen LogP contribution in [0.3, 0.4) is 0 Å². The van der Waals surface area contributed by atoms with Gasteiger partial charge >= 0.3 is 0 Å². The highest BCUT2D eigenvalue weighted by atomic mass is 16.6. The van der Waals surface area contributed by atoms with Crippen molar-refractivity contribution in [2.75, 3.05) is 13.2 Å². The average Bonchev–Trinajstić information content (AvgIpc) is 2.47. The first kappa shape index (κ1) is 26.5. The van der Waals surface area contributed by atoms with E-state index in [1.165, 1.54) is 0 Å². The van der Waals surface area contributed by atoms with E-state index in [1.807, 2.05) is 62.3 Å². The van der Waals surface area contributed by atoms with E-state index >= 15 is 0 Å². The van der Waals surface area contributed by atoms with E-state index in [2.05, 4.69) is 10.5 Å². The molecule has 0 rings (SSSR count). The van der Waals surface area contributed by atoms with Crippen LogP contribution in [0.25, 0.3) is 0 Å². The van der Waals surface area contributed by atoms with E-state index in [1.54, 1.807) is 0 Å². The molecule has 0 aromatic heterocycles. The number of hydrogen-bond donors (Lipinski definition) is 1. The summed E-state index contributed by atoms with van der Waals surface area (Å²) in [6, 6.07) is 0. The van der Waals surface area contributed by atoms with Crippen LogP contribution in [0.2, 0.25) is 0 Å². The summed E-state index contributed by atoms with van der Waals surface area (Å²) in [6.45, 7) is 18.8. The first-order valence-electron chi connectivity index (χ1n) is 7.56. The molecule has 4 nitrogen and oxygen atoms in total. The van der Waals surface area contributed by atoms with Crippen molar-refractivity contribution in [2.24, 2.45) is 5.16 Å². The number of rotatable bonds is 6. The van der Waals surface area contributed by atoms with E-state index in [9.17, 15) is 4.79 Å². The average molecular weight is 276 g/mol. The van der Waals surface area contributed by atoms with Gasteiger partial charge in [-0.1, -0.05) is 53.6 Å². The largest absolute Gasteiger partial charge is 0.395 e. The molecule has 0 spiro atoms. The van der Waals surface area contributed by atoms with Crippen molar-refractivity contribution in [1.82, 2.24) is 5.32 Å². The van der Waals surface area contributed by atoms with Crippen molar-refractivity contribution in [3.05, 3.63) is 0 Å². The van der Waals surface area contributed by atoms with E-state index < -0.39 is 0 Å². The Morgan fingerprint density at radius 3 is 1.89 bits per heavy atom. The summed E-state index contributed by atoms with van der Waals surface area (Å²) in [5, 5.41) is 6.47. The second kappa shape index (κ2) is 30.2. The van der Waals surface area contributed by atoms with E-state index in [0.29, 0.717) is 13.0 Å². The highest BCUT2D eigenvalue weighted by molar-refractivity contribution is 5.78. The highest BCUT2D eigenvalue weighted by Crippen LogP contribution is 1.85. The molecular weight excluding hydrogens is 240 g/mol. The SMILES string of the molecule is CC.CC.CC.CCCNC(=O)CCON=C(C)C. The van der Waals surface area contributed by atoms with Gasteiger partial charge in [0.15, 0.2) is 0 Å². The molecule has 118 valence electrons. The Bertz CT molecular complexity index is 177. The zero-order chi connectivity index (χ0) is 16.1. The Morgan fingerprint density at radius 1 is 1.05 bits per heavy atom. The van der Waals surface area contributed by atoms with Gasteiger partial charge in [0.2, 0.25) is 5.91 Å². The summed E-state index contributed by atoms with van der Waals surface area (Å²) in [6.07, 6.45) is 1.33. The third-order valence-corrected chi connectivity index (χ3v) is 1.24. The highest BCUT2D eigenvalue weighted by Gasteiger charge is 1.98. The van der Waals surface area contributed by atoms with E-state index in [4.69, 9.17) is 4.84 Å². The van der Waals surface area contributed by atoms with Crippen molar-refractivity contribution >= 4 is 11.6 Å². The molecule has 0 saturated carbocycles. The summed E-state index contributed by atoms with van der Waals surface area (Å²) < 4.78 is 0. The van der Waals surface area contributed by atoms with E-state index in [0.717, 1.165) is 18.7 Å². The van der Waals surface area contributed by atoms with Gasteiger partial charge in [-0.25, -0.2) is 0 Å². The van der Waals surface area contributed by atoms with Crippen LogP contribution in [0.5, 0.6) is 0 Å². The van der Waals surface area contributed by atoms with Crippen LogP contribution in [-0.4, -0.2) is 24.8 Å². The fraction of sp³-hybridized carbons (Fsp3) is 0.867. The molecule has 0 aliphatic rings. The third kappa shape index (κ3) is 38.3. The maximum atomic E-state index is 11.0. The Hall–Kier alpha value is -1.06. The molecule has 0 bridgehead atoms. The zero-order valence-electron chi connectivity index (χ0n) is 14.6. The molecular formula is C15H36N2O2. The molecule has 1 amide bonds. The molecule has 0 saturated heterocycles. The lowest BCUT2D eigenvalue weighted by molar-refractivity contribution is -0.122. The van der Waals surface area contributed by atoms with Crippen molar-refractivity contribution in [3.8, 4) is 0 Å². The normalized spacial score (nSPS) is 7.21. The lowest BCUT2D eigenvalue weighted by Crippen LogP contribution is -2.24. The van der Waals surface area contributed by atoms with Crippen LogP contribution in [0.4, 0.5) is 0 Å². The van der Waals surface area contributed by atoms with Gasteiger partial charge in [-0.05, 0) is 20.3 Å². The maximum absolute atomic E-state index is 11.0. The fourth-order valence-corrected chi connectivity index (χ4v) is 0.666. The monoisotopic (exact) mass is 276 g/mol. The second-order valence-corrected chi connectivity index (χ2v) is 2.97. The summed E-state index contributed by atoms with van der Waals surface area (Å²) >= 11 is 0. The van der Waals surface area contributed by atoms with Gasteiger partial charge in [-0.3, -0.25) is 4.79 Å². The van der Waals surface area contributed by atoms with E-state index in [-0.39, 0.29) is 5.91 Å². The van der Waals surface area contributed by atoms with Crippen LogP contribution in [0, 0.1) is 0 Å². The molecule has 0 atom stereocenters. The van der Waals surface area contributed by atoms with Crippen molar-refractivity contribution in [1.29, 1.82) is 0 Å². The first-order valence-corrected chi connectivity index (χ1v) is 7.56. The molecule has 4 heteroatoms. The number of hydrogen-bond acceptors (Lipinski definition) is 3. The summed E-state index contributed by atoms with van der Waals surface area (Å²) in [5.41, 5.74) is 0.856. The second-order valence-electron chi connectivity index (χ2n) is 2.97. The van der Waals surface area contributed by atoms with Gasteiger partial charge in [-0.15, -0.1) is 0 Å². The molecule has 0 heterocycles. The summed E-state index contributed by atoms with van der Waals surface area (Å²) in [7, 11) is 0. The molecule has 0 aromatic carbocycles. The van der Waals surface area contributed by atoms with Crippen molar-refractivity contribution < 1.29 is 9.63 Å². The summed E-state index contributed by atoms with van der Waals surface area (Å²) in [4.78, 5) is 15.9. The molecule has 0 aromatic rings. The minimum atomic E-state index is 0.0193. The van der Waals surface area contributed by atoms with Gasteiger partial charge < -0.3 is 10.2 Å². The van der Waals surface area contributed by atoms with Gasteiger partial charge in [-0.2, -0.15) is 0 Å². The predicted molar refractivity (Wildman–Crippen MR) is 86.7 cm³/mol. The minimum Gasteiger partial charge on any atom is -0.395 e. The number of oxime groups is 1. The molecule has 1 N–H and O–H groups in total. The third-order valence-electron chi connectivity index (χ3n) is 1.24. The summed E-state index contributed by atoms with van der Waals surface area (Å²) in [5.74, 6) is 0.0193. The van der Waals surface area contributed by atoms with Gasteiger partial charge in [0.25, 0.3) is 0 Å². The number of carbonyl (C=O) groups is 1. The van der Waals surface area contributed by atoms with Crippen molar-refractivity contribution in [2.45, 2.75) is 75.2 Å². The lowest BCUT2D eigenvalue weighted by atomic mass is 10.4. The minimum absolute atomic E-state index is 0.0193. The van der Waals surface area contributed by atoms with Crippen LogP contribution >= 0.6 is 0 Å². The van der Waals surface area contributed by atoms with Crippen LogP contribution in [-0.2, 0) is 9.63 Å². The molecule has 19 heavy (non-hydrogen) atoms. The van der Waals surface area contributed by atoms with Crippen molar-refractivity contribution in [3.63, 3.8) is 0 Å². The molecule has 0 aliphatic heterocycles. The quantitative estimate of drug-likeness (QED) is 0.444. The topological polar surface area (TPSA) is 50.7 Å². The Labute approximate surface area is 121 Å². The molecule has 0 fully saturated rings. The number of nitrogens with zero attached hydrogens (tertiary/aromatic N) is 1. The van der Waals surface area contributed by atoms with Gasteiger partial charge in [0.05, 0.1) is 12.1 Å². The fourth-order valence-electron chi connectivity index (χ4n) is 0.666. The maximum Gasteiger partial charge on any atom is 0.223 e. The Morgan fingerprint density at radius 2 is 1.53 bits per heavy atom. The number of nitrogens with one attached hydrogen (secondary N) is 1. The molecule has 0 radical (unpaired) electrons. The Kier molecular flexibility index (Phi) is 42.1. The molecule has 0 unspecified atom stereocenters. The standard InChI is InChI=1S/C9H18N2O2.3C2H6/c1-4-6-10-9(12)5-7-13-11-8(2)3;3*1-2/h4-7H2,1-3H3,(H,10,12);3*1-2H3. The zero-order valence-corrected chi connectivity index (χ0v) is 14.6. The lowest BCUT2D eigenvalue weighted by Gasteiger charge is -2.02. The number of amides is 1. The smallest absolute Gasteiger partial charge is 0.223 e. The molecule has 0 aliphatic carbocycles. The van der Waals surface area contributed by atoms with Crippen LogP contribution in [0.15, 0.2) is 5.16 Å². The predicted octanol–water partition coefficient (Wildman–Crippen LogP) is 4.39. The Balaban J connectivity index is -0.000000163. The number of carbonyl (C=O) groups excluding carboxylic acids is 1. The first-order chi connectivity index (χ1) is 9.16. The van der Waals surface area contributed by atoms with Crippen LogP contribution in [0.1, 0.15) is 75.2 Å². The van der Waals surface area contributed by atoms with Gasteiger partial charge in [0.1, 0.15) is 6.61 Å². The van der Waals surface area contributed by atoms with Gasteiger partial charge in [0, 0.05) is 6.54 Å².